The van der Waals surface area contributed by atoms with Crippen LogP contribution < -0.4 is 5.32 Å². The van der Waals surface area contributed by atoms with E-state index in [4.69, 9.17) is 0 Å². The third-order valence-electron chi connectivity index (χ3n) is 4.98. The minimum Gasteiger partial charge on any atom is -0.347 e. The molecule has 2 aliphatic heterocycles. The second kappa shape index (κ2) is 5.14. The van der Waals surface area contributed by atoms with E-state index in [1.54, 1.807) is 18.5 Å². The highest BCUT2D eigenvalue weighted by molar-refractivity contribution is 6.50. The van der Waals surface area contributed by atoms with Gasteiger partial charge in [0.05, 0.1) is 16.7 Å². The van der Waals surface area contributed by atoms with E-state index in [1.807, 2.05) is 24.4 Å². The molecular formula is C20H15N3O2. The van der Waals surface area contributed by atoms with Crippen LogP contribution in [-0.4, -0.2) is 21.4 Å². The zero-order valence-electron chi connectivity index (χ0n) is 13.5. The summed E-state index contributed by atoms with van der Waals surface area (Å²) in [5.74, 6) is -0.701. The van der Waals surface area contributed by atoms with E-state index in [1.165, 1.54) is 11.1 Å². The van der Waals surface area contributed by atoms with Gasteiger partial charge in [-0.25, -0.2) is 0 Å². The van der Waals surface area contributed by atoms with Crippen molar-refractivity contribution >= 4 is 33.9 Å². The smallest absolute Gasteiger partial charge is 0.259 e. The number of hydrogen-bond acceptors (Lipinski definition) is 3. The van der Waals surface area contributed by atoms with Crippen molar-refractivity contribution in [3.63, 3.8) is 0 Å². The Morgan fingerprint density at radius 1 is 1.04 bits per heavy atom. The number of nitrogens with zero attached hydrogens (tertiary/aromatic N) is 2. The van der Waals surface area contributed by atoms with Crippen molar-refractivity contribution < 1.29 is 9.59 Å². The van der Waals surface area contributed by atoms with Crippen LogP contribution in [0.4, 0.5) is 0 Å². The predicted octanol–water partition coefficient (Wildman–Crippen LogP) is 2.55. The van der Waals surface area contributed by atoms with E-state index in [-0.39, 0.29) is 11.8 Å². The van der Waals surface area contributed by atoms with Gasteiger partial charge in [0.15, 0.2) is 0 Å². The van der Waals surface area contributed by atoms with Gasteiger partial charge >= 0.3 is 0 Å². The molecule has 1 aromatic carbocycles. The molecule has 3 aromatic rings. The molecule has 25 heavy (non-hydrogen) atoms. The highest BCUT2D eigenvalue weighted by Crippen LogP contribution is 2.38. The van der Waals surface area contributed by atoms with Crippen LogP contribution in [0.3, 0.4) is 0 Å². The Labute approximate surface area is 144 Å². The van der Waals surface area contributed by atoms with Crippen LogP contribution in [-0.2, 0) is 22.6 Å². The third kappa shape index (κ3) is 1.99. The maximum atomic E-state index is 12.6. The fourth-order valence-corrected chi connectivity index (χ4v) is 3.95. The topological polar surface area (TPSA) is 64.0 Å². The number of carbonyl (C=O) groups excluding carboxylic acids is 2. The number of amides is 2. The van der Waals surface area contributed by atoms with E-state index in [0.29, 0.717) is 16.7 Å². The van der Waals surface area contributed by atoms with Gasteiger partial charge in [0.25, 0.3) is 11.8 Å². The van der Waals surface area contributed by atoms with Crippen molar-refractivity contribution in [2.45, 2.75) is 19.4 Å². The first-order valence-electron chi connectivity index (χ1n) is 8.35. The summed E-state index contributed by atoms with van der Waals surface area (Å²) in [5.41, 5.74) is 4.80. The Hall–Kier alpha value is -3.21. The second-order valence-corrected chi connectivity index (χ2v) is 6.43. The number of hydrogen-bond donors (Lipinski definition) is 1. The van der Waals surface area contributed by atoms with Gasteiger partial charge < -0.3 is 4.57 Å². The molecule has 1 N–H and O–H groups in total. The lowest BCUT2D eigenvalue weighted by molar-refractivity contribution is -0.122. The fourth-order valence-electron chi connectivity index (χ4n) is 3.95. The van der Waals surface area contributed by atoms with Crippen molar-refractivity contribution in [3.8, 4) is 0 Å². The molecule has 2 aromatic heterocycles. The summed E-state index contributed by atoms with van der Waals surface area (Å²) in [6.45, 7) is 0.929. The van der Waals surface area contributed by atoms with Crippen LogP contribution in [0.15, 0.2) is 48.9 Å². The fraction of sp³-hybridized carbons (Fsp3) is 0.150. The number of rotatable bonds is 2. The van der Waals surface area contributed by atoms with Crippen LogP contribution in [0.5, 0.6) is 0 Å². The largest absolute Gasteiger partial charge is 0.347 e. The monoisotopic (exact) mass is 329 g/mol. The summed E-state index contributed by atoms with van der Waals surface area (Å²) < 4.78 is 2.20. The maximum Gasteiger partial charge on any atom is 0.259 e. The molecule has 0 saturated heterocycles. The van der Waals surface area contributed by atoms with Crippen molar-refractivity contribution in [2.75, 3.05) is 0 Å². The van der Waals surface area contributed by atoms with Crippen molar-refractivity contribution in [2.24, 2.45) is 0 Å². The molecule has 122 valence electrons. The van der Waals surface area contributed by atoms with Gasteiger partial charge in [0.2, 0.25) is 0 Å². The molecule has 5 rings (SSSR count). The molecule has 5 nitrogen and oxygen atoms in total. The highest BCUT2D eigenvalue weighted by atomic mass is 16.2. The Kier molecular flexibility index (Phi) is 2.91. The SMILES string of the molecule is O=C1NC(=O)C(c2cn3c4c(cccc24)CCC3)=C1c1cccnc1. The van der Waals surface area contributed by atoms with Gasteiger partial charge in [-0.05, 0) is 24.5 Å². The summed E-state index contributed by atoms with van der Waals surface area (Å²) in [6, 6.07) is 9.77. The Morgan fingerprint density at radius 3 is 2.76 bits per heavy atom. The lowest BCUT2D eigenvalue weighted by Crippen LogP contribution is -2.22. The van der Waals surface area contributed by atoms with E-state index < -0.39 is 0 Å². The first-order chi connectivity index (χ1) is 12.2. The molecule has 0 saturated carbocycles. The van der Waals surface area contributed by atoms with E-state index >= 15 is 0 Å². The lowest BCUT2D eigenvalue weighted by Gasteiger charge is -2.14. The minimum absolute atomic E-state index is 0.340. The Balaban J connectivity index is 1.84. The Morgan fingerprint density at radius 2 is 1.92 bits per heavy atom. The van der Waals surface area contributed by atoms with Crippen molar-refractivity contribution in [1.29, 1.82) is 0 Å². The predicted molar refractivity (Wildman–Crippen MR) is 94.5 cm³/mol. The number of aromatic nitrogens is 2. The molecule has 0 fully saturated rings. The van der Waals surface area contributed by atoms with Gasteiger partial charge in [-0.15, -0.1) is 0 Å². The Bertz CT molecular complexity index is 1080. The van der Waals surface area contributed by atoms with Crippen molar-refractivity contribution in [3.05, 3.63) is 65.6 Å². The van der Waals surface area contributed by atoms with Crippen molar-refractivity contribution in [1.82, 2.24) is 14.9 Å². The number of nitrogens with one attached hydrogen (secondary N) is 1. The van der Waals surface area contributed by atoms with E-state index in [2.05, 4.69) is 20.9 Å². The average Bonchev–Trinajstić information content (AvgIpc) is 3.14. The standard InChI is InChI=1S/C20H15N3O2/c24-19-16(13-5-2-8-21-10-13)17(20(25)22-19)15-11-23-9-3-6-12-4-1-7-14(15)18(12)23/h1-2,4-5,7-8,10-11H,3,6,9H2,(H,22,24,25). The lowest BCUT2D eigenvalue weighted by atomic mass is 9.95. The summed E-state index contributed by atoms with van der Waals surface area (Å²) in [7, 11) is 0. The van der Waals surface area contributed by atoms with E-state index in [0.717, 1.165) is 30.3 Å². The number of benzene rings is 1. The van der Waals surface area contributed by atoms with Gasteiger partial charge in [0.1, 0.15) is 0 Å². The normalized spacial score (nSPS) is 16.6. The third-order valence-corrected chi connectivity index (χ3v) is 4.98. The minimum atomic E-state index is -0.361. The van der Waals surface area contributed by atoms with Gasteiger partial charge in [-0.3, -0.25) is 19.9 Å². The van der Waals surface area contributed by atoms with Crippen LogP contribution in [0.2, 0.25) is 0 Å². The molecule has 0 unspecified atom stereocenters. The molecule has 0 bridgehead atoms. The highest BCUT2D eigenvalue weighted by Gasteiger charge is 2.34. The van der Waals surface area contributed by atoms with Gasteiger partial charge in [-0.1, -0.05) is 24.3 Å². The van der Waals surface area contributed by atoms with E-state index in [9.17, 15) is 9.59 Å². The summed E-state index contributed by atoms with van der Waals surface area (Å²) >= 11 is 0. The molecule has 2 amide bonds. The van der Waals surface area contributed by atoms with Gasteiger partial charge in [0, 0.05) is 41.6 Å². The molecule has 2 aliphatic rings. The number of imide groups is 1. The number of carbonyl (C=O) groups is 2. The quantitative estimate of drug-likeness (QED) is 0.735. The summed E-state index contributed by atoms with van der Waals surface area (Å²) in [4.78, 5) is 29.1. The van der Waals surface area contributed by atoms with Gasteiger partial charge in [-0.2, -0.15) is 0 Å². The van der Waals surface area contributed by atoms with Crippen LogP contribution in [0.25, 0.3) is 22.0 Å². The number of para-hydroxylation sites is 1. The number of aryl methyl sites for hydroxylation is 2. The number of pyridine rings is 1. The molecule has 0 spiro atoms. The zero-order valence-corrected chi connectivity index (χ0v) is 13.5. The molecule has 0 aliphatic carbocycles. The molecule has 4 heterocycles. The maximum absolute atomic E-state index is 12.6. The second-order valence-electron chi connectivity index (χ2n) is 6.43. The summed E-state index contributed by atoms with van der Waals surface area (Å²) in [6.07, 6.45) is 7.41. The van der Waals surface area contributed by atoms with Crippen LogP contribution in [0, 0.1) is 0 Å². The molecule has 0 atom stereocenters. The van der Waals surface area contributed by atoms with Crippen LogP contribution >= 0.6 is 0 Å². The molecular weight excluding hydrogens is 314 g/mol. The van der Waals surface area contributed by atoms with Crippen LogP contribution in [0.1, 0.15) is 23.1 Å². The zero-order chi connectivity index (χ0) is 17.0. The average molecular weight is 329 g/mol. The molecule has 0 radical (unpaired) electrons. The summed E-state index contributed by atoms with van der Waals surface area (Å²) in [5, 5.41) is 3.47. The molecule has 5 heteroatoms. The first kappa shape index (κ1) is 14.2. The first-order valence-corrected chi connectivity index (χ1v) is 8.35.